The maximum Gasteiger partial charge on any atom is 0.260 e. The van der Waals surface area contributed by atoms with E-state index in [1.54, 1.807) is 18.2 Å². The molecule has 0 saturated carbocycles. The van der Waals surface area contributed by atoms with Crippen LogP contribution in [-0.2, 0) is 17.8 Å². The molecule has 0 atom stereocenters. The van der Waals surface area contributed by atoms with Gasteiger partial charge in [-0.25, -0.2) is 0 Å². The molecule has 3 rings (SSSR count). The predicted octanol–water partition coefficient (Wildman–Crippen LogP) is 2.42. The third-order valence-electron chi connectivity index (χ3n) is 4.05. The first-order valence-electron chi connectivity index (χ1n) is 7.93. The summed E-state index contributed by atoms with van der Waals surface area (Å²) in [6, 6.07) is 5.64. The van der Waals surface area contributed by atoms with Gasteiger partial charge < -0.3 is 14.4 Å². The van der Waals surface area contributed by atoms with Crippen molar-refractivity contribution in [1.82, 2.24) is 15.1 Å². The number of H-pyrrole nitrogens is 1. The van der Waals surface area contributed by atoms with Crippen LogP contribution in [0.3, 0.4) is 0 Å². The fourth-order valence-electron chi connectivity index (χ4n) is 2.77. The molecular formula is C18H21N3O3. The third-order valence-corrected chi connectivity index (χ3v) is 4.05. The van der Waals surface area contributed by atoms with Gasteiger partial charge in [0.1, 0.15) is 0 Å². The Morgan fingerprint density at radius 1 is 1.42 bits per heavy atom. The van der Waals surface area contributed by atoms with E-state index in [4.69, 9.17) is 9.47 Å². The second-order valence-electron chi connectivity index (χ2n) is 5.64. The highest BCUT2D eigenvalue weighted by atomic mass is 16.5. The van der Waals surface area contributed by atoms with Crippen molar-refractivity contribution in [3.63, 3.8) is 0 Å². The van der Waals surface area contributed by atoms with Crippen LogP contribution >= 0.6 is 0 Å². The van der Waals surface area contributed by atoms with Crippen LogP contribution in [0, 0.1) is 0 Å². The summed E-state index contributed by atoms with van der Waals surface area (Å²) in [6.45, 7) is 3.20. The first-order valence-corrected chi connectivity index (χ1v) is 7.93. The van der Waals surface area contributed by atoms with E-state index in [2.05, 4.69) is 10.2 Å². The van der Waals surface area contributed by atoms with Crippen molar-refractivity contribution in [1.29, 1.82) is 0 Å². The van der Waals surface area contributed by atoms with Crippen LogP contribution in [0.15, 0.2) is 30.5 Å². The van der Waals surface area contributed by atoms with Gasteiger partial charge in [0.2, 0.25) is 0 Å². The van der Waals surface area contributed by atoms with Crippen molar-refractivity contribution in [2.24, 2.45) is 0 Å². The number of aromatic amines is 1. The van der Waals surface area contributed by atoms with Crippen molar-refractivity contribution in [2.45, 2.75) is 19.9 Å². The molecular weight excluding hydrogens is 306 g/mol. The molecule has 2 aromatic rings. The lowest BCUT2D eigenvalue weighted by Crippen LogP contribution is -2.38. The Balaban J connectivity index is 1.62. The average Bonchev–Trinajstić information content (AvgIpc) is 3.08. The molecule has 0 spiro atoms. The molecule has 1 aromatic heterocycles. The van der Waals surface area contributed by atoms with Gasteiger partial charge in [0.15, 0.2) is 18.1 Å². The van der Waals surface area contributed by atoms with Gasteiger partial charge >= 0.3 is 0 Å². The number of allylic oxidation sites excluding steroid dienone is 1. The SMILES string of the molecule is CC=Cc1ccc(OCC(=O)N2CCc3[nH]ncc3C2)c(OC)c1. The minimum atomic E-state index is -0.0403. The lowest BCUT2D eigenvalue weighted by molar-refractivity contribution is -0.134. The number of ether oxygens (including phenoxy) is 2. The Morgan fingerprint density at radius 3 is 3.08 bits per heavy atom. The topological polar surface area (TPSA) is 67.5 Å². The van der Waals surface area contributed by atoms with Gasteiger partial charge in [-0.3, -0.25) is 9.89 Å². The lowest BCUT2D eigenvalue weighted by atomic mass is 10.1. The second-order valence-corrected chi connectivity index (χ2v) is 5.64. The number of methoxy groups -OCH3 is 1. The number of rotatable bonds is 5. The highest BCUT2D eigenvalue weighted by molar-refractivity contribution is 5.78. The van der Waals surface area contributed by atoms with Crippen LogP contribution in [-0.4, -0.2) is 41.3 Å². The summed E-state index contributed by atoms with van der Waals surface area (Å²) in [4.78, 5) is 14.2. The second kappa shape index (κ2) is 7.21. The largest absolute Gasteiger partial charge is 0.493 e. The molecule has 1 amide bonds. The van der Waals surface area contributed by atoms with Gasteiger partial charge in [-0.15, -0.1) is 0 Å². The number of nitrogens with zero attached hydrogens (tertiary/aromatic N) is 2. The summed E-state index contributed by atoms with van der Waals surface area (Å²) in [7, 11) is 1.59. The molecule has 1 aromatic carbocycles. The summed E-state index contributed by atoms with van der Waals surface area (Å²) in [6.07, 6.45) is 6.51. The first-order chi connectivity index (χ1) is 11.7. The quantitative estimate of drug-likeness (QED) is 0.916. The number of aromatic nitrogens is 2. The van der Waals surface area contributed by atoms with Gasteiger partial charge in [-0.1, -0.05) is 18.2 Å². The summed E-state index contributed by atoms with van der Waals surface area (Å²) < 4.78 is 11.0. The summed E-state index contributed by atoms with van der Waals surface area (Å²) in [5, 5.41) is 6.99. The van der Waals surface area contributed by atoms with Gasteiger partial charge in [-0.05, 0) is 24.6 Å². The zero-order valence-corrected chi connectivity index (χ0v) is 13.9. The number of fused-ring (bicyclic) bond motifs is 1. The average molecular weight is 327 g/mol. The van der Waals surface area contributed by atoms with Crippen LogP contribution < -0.4 is 9.47 Å². The molecule has 126 valence electrons. The number of carbonyl (C=O) groups excluding carboxylic acids is 1. The maximum absolute atomic E-state index is 12.4. The third kappa shape index (κ3) is 3.42. The van der Waals surface area contributed by atoms with Gasteiger partial charge in [-0.2, -0.15) is 5.10 Å². The molecule has 24 heavy (non-hydrogen) atoms. The Labute approximate surface area is 141 Å². The van der Waals surface area contributed by atoms with Gasteiger partial charge in [0.05, 0.1) is 13.3 Å². The Bertz CT molecular complexity index is 752. The molecule has 1 N–H and O–H groups in total. The van der Waals surface area contributed by atoms with Crippen LogP contribution in [0.5, 0.6) is 11.5 Å². The number of carbonyl (C=O) groups is 1. The Morgan fingerprint density at radius 2 is 2.29 bits per heavy atom. The summed E-state index contributed by atoms with van der Waals surface area (Å²) in [5.41, 5.74) is 3.21. The number of benzene rings is 1. The highest BCUT2D eigenvalue weighted by Crippen LogP contribution is 2.28. The standard InChI is InChI=1S/C18H21N3O3/c1-3-4-13-5-6-16(17(9-13)23-2)24-12-18(22)21-8-7-15-14(11-21)10-19-20-15/h3-6,9-10H,7-8,11-12H2,1-2H3,(H,19,20). The van der Waals surface area contributed by atoms with Gasteiger partial charge in [0, 0.05) is 30.8 Å². The first kappa shape index (κ1) is 16.1. The van der Waals surface area contributed by atoms with Crippen LogP contribution in [0.1, 0.15) is 23.7 Å². The predicted molar refractivity (Wildman–Crippen MR) is 90.9 cm³/mol. The normalized spacial score (nSPS) is 13.8. The van der Waals surface area contributed by atoms with Gasteiger partial charge in [0.25, 0.3) is 5.91 Å². The molecule has 0 saturated heterocycles. The lowest BCUT2D eigenvalue weighted by Gasteiger charge is -2.26. The number of nitrogens with one attached hydrogen (secondary N) is 1. The number of hydrogen-bond acceptors (Lipinski definition) is 4. The van der Waals surface area contributed by atoms with Crippen molar-refractivity contribution < 1.29 is 14.3 Å². The molecule has 0 radical (unpaired) electrons. The smallest absolute Gasteiger partial charge is 0.260 e. The van der Waals surface area contributed by atoms with E-state index in [1.165, 1.54) is 0 Å². The van der Waals surface area contributed by atoms with E-state index in [-0.39, 0.29) is 12.5 Å². The Kier molecular flexibility index (Phi) is 4.84. The van der Waals surface area contributed by atoms with Crippen LogP contribution in [0.25, 0.3) is 6.08 Å². The number of hydrogen-bond donors (Lipinski definition) is 1. The molecule has 6 heteroatoms. The monoisotopic (exact) mass is 327 g/mol. The van der Waals surface area contributed by atoms with Crippen molar-refractivity contribution in [2.75, 3.05) is 20.3 Å². The van der Waals surface area contributed by atoms with E-state index < -0.39 is 0 Å². The molecule has 0 aliphatic carbocycles. The summed E-state index contributed by atoms with van der Waals surface area (Å²) >= 11 is 0. The number of amides is 1. The minimum Gasteiger partial charge on any atom is -0.493 e. The molecule has 6 nitrogen and oxygen atoms in total. The summed E-state index contributed by atoms with van der Waals surface area (Å²) in [5.74, 6) is 1.15. The van der Waals surface area contributed by atoms with E-state index >= 15 is 0 Å². The van der Waals surface area contributed by atoms with E-state index in [0.29, 0.717) is 24.6 Å². The molecule has 1 aliphatic heterocycles. The molecule has 0 bridgehead atoms. The maximum atomic E-state index is 12.4. The van der Waals surface area contributed by atoms with E-state index in [0.717, 1.165) is 23.2 Å². The zero-order valence-electron chi connectivity index (χ0n) is 13.9. The van der Waals surface area contributed by atoms with E-state index in [1.807, 2.05) is 37.3 Å². The fourth-order valence-corrected chi connectivity index (χ4v) is 2.77. The van der Waals surface area contributed by atoms with Crippen LogP contribution in [0.4, 0.5) is 0 Å². The molecule has 0 unspecified atom stereocenters. The van der Waals surface area contributed by atoms with Crippen LogP contribution in [0.2, 0.25) is 0 Å². The van der Waals surface area contributed by atoms with Crippen molar-refractivity contribution in [3.8, 4) is 11.5 Å². The minimum absolute atomic E-state index is 0.00743. The molecule has 0 fully saturated rings. The Hall–Kier alpha value is -2.76. The molecule has 1 aliphatic rings. The fraction of sp³-hybridized carbons (Fsp3) is 0.333. The highest BCUT2D eigenvalue weighted by Gasteiger charge is 2.22. The van der Waals surface area contributed by atoms with Crippen molar-refractivity contribution >= 4 is 12.0 Å². The van der Waals surface area contributed by atoms with Crippen molar-refractivity contribution in [3.05, 3.63) is 47.3 Å². The molecule has 2 heterocycles. The zero-order chi connectivity index (χ0) is 16.9. The van der Waals surface area contributed by atoms with E-state index in [9.17, 15) is 4.79 Å².